The van der Waals surface area contributed by atoms with Crippen LogP contribution in [0.4, 0.5) is 0 Å². The summed E-state index contributed by atoms with van der Waals surface area (Å²) in [5.74, 6) is 1.34. The van der Waals surface area contributed by atoms with Crippen molar-refractivity contribution in [3.63, 3.8) is 0 Å². The van der Waals surface area contributed by atoms with E-state index in [1.54, 1.807) is 31.6 Å². The lowest BCUT2D eigenvalue weighted by atomic mass is 10.1. The Hall–Kier alpha value is -3.16. The highest BCUT2D eigenvalue weighted by molar-refractivity contribution is 7.99. The molecule has 0 aliphatic rings. The van der Waals surface area contributed by atoms with E-state index >= 15 is 0 Å². The van der Waals surface area contributed by atoms with Gasteiger partial charge < -0.3 is 4.74 Å². The first-order valence-corrected chi connectivity index (χ1v) is 10.9. The lowest BCUT2D eigenvalue weighted by molar-refractivity contribution is 0.101. The van der Waals surface area contributed by atoms with Gasteiger partial charge in [-0.15, -0.1) is 10.2 Å². The van der Waals surface area contributed by atoms with Crippen molar-refractivity contribution < 1.29 is 9.53 Å². The van der Waals surface area contributed by atoms with Crippen LogP contribution in [0.1, 0.15) is 15.9 Å². The minimum Gasteiger partial charge on any atom is -0.496 e. The number of nitrogens with zero attached hydrogens (tertiary/aromatic N) is 4. The molecule has 2 aromatic heterocycles. The van der Waals surface area contributed by atoms with Gasteiger partial charge in [0.15, 0.2) is 16.8 Å². The maximum Gasteiger partial charge on any atom is 0.196 e. The van der Waals surface area contributed by atoms with Crippen LogP contribution >= 0.6 is 23.4 Å². The number of rotatable bonds is 7. The third-order valence-corrected chi connectivity index (χ3v) is 6.13. The van der Waals surface area contributed by atoms with Gasteiger partial charge in [0.2, 0.25) is 0 Å². The Morgan fingerprint density at radius 1 is 1.06 bits per heavy atom. The van der Waals surface area contributed by atoms with E-state index in [1.165, 1.54) is 11.8 Å². The number of Topliss-reactive ketones (excluding diaryl/α,β-unsaturated/α-hetero) is 1. The van der Waals surface area contributed by atoms with Crippen molar-refractivity contribution in [2.24, 2.45) is 0 Å². The molecule has 6 nitrogen and oxygen atoms in total. The third-order valence-electron chi connectivity index (χ3n) is 4.79. The molecular formula is C23H19ClN4O2S. The van der Waals surface area contributed by atoms with E-state index in [-0.39, 0.29) is 11.5 Å². The normalized spacial score (nSPS) is 10.8. The van der Waals surface area contributed by atoms with Crippen LogP contribution < -0.4 is 4.74 Å². The Morgan fingerprint density at radius 2 is 1.84 bits per heavy atom. The summed E-state index contributed by atoms with van der Waals surface area (Å²) < 4.78 is 7.25. The van der Waals surface area contributed by atoms with E-state index in [9.17, 15) is 4.79 Å². The molecule has 4 aromatic rings. The summed E-state index contributed by atoms with van der Waals surface area (Å²) in [6, 6.07) is 16.6. The number of methoxy groups -OCH3 is 1. The molecule has 0 N–H and O–H groups in total. The zero-order valence-electron chi connectivity index (χ0n) is 16.9. The molecule has 2 heterocycles. The fourth-order valence-corrected chi connectivity index (χ4v) is 4.19. The highest BCUT2D eigenvalue weighted by atomic mass is 35.5. The Bertz CT molecular complexity index is 1230. The van der Waals surface area contributed by atoms with Gasteiger partial charge in [-0.2, -0.15) is 0 Å². The van der Waals surface area contributed by atoms with Gasteiger partial charge in [-0.1, -0.05) is 41.6 Å². The largest absolute Gasteiger partial charge is 0.496 e. The van der Waals surface area contributed by atoms with E-state index < -0.39 is 0 Å². The van der Waals surface area contributed by atoms with Crippen LogP contribution in [0.3, 0.4) is 0 Å². The fourth-order valence-electron chi connectivity index (χ4n) is 3.19. The quantitative estimate of drug-likeness (QED) is 0.282. The molecule has 0 aliphatic heterocycles. The predicted molar refractivity (Wildman–Crippen MR) is 122 cm³/mol. The van der Waals surface area contributed by atoms with Crippen molar-refractivity contribution in [2.45, 2.75) is 12.1 Å². The van der Waals surface area contributed by atoms with Crippen molar-refractivity contribution in [3.8, 4) is 22.8 Å². The van der Waals surface area contributed by atoms with Gasteiger partial charge in [0.05, 0.1) is 24.1 Å². The molecule has 4 rings (SSSR count). The number of carbonyl (C=O) groups is 1. The minimum atomic E-state index is -0.0507. The van der Waals surface area contributed by atoms with Crippen molar-refractivity contribution in [3.05, 3.63) is 83.1 Å². The van der Waals surface area contributed by atoms with Crippen molar-refractivity contribution in [1.82, 2.24) is 19.7 Å². The van der Waals surface area contributed by atoms with Crippen LogP contribution in [0.2, 0.25) is 5.02 Å². The number of hydrogen-bond donors (Lipinski definition) is 0. The molecule has 0 aliphatic carbocycles. The lowest BCUT2D eigenvalue weighted by Crippen LogP contribution is -2.07. The average Bonchev–Trinajstić information content (AvgIpc) is 3.23. The SMILES string of the molecule is COc1ccccc1C(=O)CSc1nnc(-c2ccncc2)n1-c1cccc(Cl)c1C. The molecular weight excluding hydrogens is 432 g/mol. The predicted octanol–water partition coefficient (Wildman–Crippen LogP) is 5.27. The van der Waals surface area contributed by atoms with Crippen LogP contribution in [0, 0.1) is 6.92 Å². The zero-order valence-corrected chi connectivity index (χ0v) is 18.5. The summed E-state index contributed by atoms with van der Waals surface area (Å²) in [6.45, 7) is 1.95. The molecule has 0 atom stereocenters. The molecule has 0 saturated carbocycles. The van der Waals surface area contributed by atoms with Crippen LogP contribution in [-0.4, -0.2) is 38.4 Å². The van der Waals surface area contributed by atoms with E-state index in [0.717, 1.165) is 16.8 Å². The summed E-state index contributed by atoms with van der Waals surface area (Å²) in [6.07, 6.45) is 3.41. The molecule has 2 aromatic carbocycles. The first-order valence-electron chi connectivity index (χ1n) is 9.50. The van der Waals surface area contributed by atoms with Gasteiger partial charge >= 0.3 is 0 Å². The number of pyridine rings is 1. The van der Waals surface area contributed by atoms with E-state index in [1.807, 2.05) is 54.0 Å². The van der Waals surface area contributed by atoms with Crippen molar-refractivity contribution in [1.29, 1.82) is 0 Å². The number of halogens is 1. The second-order valence-electron chi connectivity index (χ2n) is 6.67. The number of ketones is 1. The highest BCUT2D eigenvalue weighted by Crippen LogP contribution is 2.32. The molecule has 0 fully saturated rings. The zero-order chi connectivity index (χ0) is 21.8. The molecule has 0 unspecified atom stereocenters. The molecule has 8 heteroatoms. The van der Waals surface area contributed by atoms with Crippen LogP contribution in [0.15, 0.2) is 72.1 Å². The minimum absolute atomic E-state index is 0.0507. The summed E-state index contributed by atoms with van der Waals surface area (Å²) in [4.78, 5) is 16.9. The Balaban J connectivity index is 1.72. The monoisotopic (exact) mass is 450 g/mol. The molecule has 0 radical (unpaired) electrons. The molecule has 0 saturated heterocycles. The summed E-state index contributed by atoms with van der Waals surface area (Å²) in [5.41, 5.74) is 3.16. The molecule has 31 heavy (non-hydrogen) atoms. The van der Waals surface area contributed by atoms with Crippen molar-refractivity contribution >= 4 is 29.1 Å². The fraction of sp³-hybridized carbons (Fsp3) is 0.130. The number of benzene rings is 2. The topological polar surface area (TPSA) is 69.9 Å². The number of thioether (sulfide) groups is 1. The molecule has 0 bridgehead atoms. The summed E-state index contributed by atoms with van der Waals surface area (Å²) in [7, 11) is 1.55. The number of carbonyl (C=O) groups excluding carboxylic acids is 1. The molecule has 0 spiro atoms. The number of para-hydroxylation sites is 1. The maximum atomic E-state index is 12.9. The smallest absolute Gasteiger partial charge is 0.196 e. The van der Waals surface area contributed by atoms with Gasteiger partial charge in [0.1, 0.15) is 5.75 Å². The first kappa shape index (κ1) is 21.1. The maximum absolute atomic E-state index is 12.9. The van der Waals surface area contributed by atoms with Crippen LogP contribution in [-0.2, 0) is 0 Å². The van der Waals surface area contributed by atoms with E-state index in [0.29, 0.717) is 27.3 Å². The highest BCUT2D eigenvalue weighted by Gasteiger charge is 2.20. The van der Waals surface area contributed by atoms with Crippen LogP contribution in [0.25, 0.3) is 17.1 Å². The number of hydrogen-bond acceptors (Lipinski definition) is 6. The Labute approximate surface area is 189 Å². The van der Waals surface area contributed by atoms with E-state index in [2.05, 4.69) is 15.2 Å². The summed E-state index contributed by atoms with van der Waals surface area (Å²) >= 11 is 7.70. The summed E-state index contributed by atoms with van der Waals surface area (Å²) in [5, 5.41) is 10.0. The molecule has 156 valence electrons. The van der Waals surface area contributed by atoms with Gasteiger partial charge in [-0.25, -0.2) is 0 Å². The first-order chi connectivity index (χ1) is 15.1. The Morgan fingerprint density at radius 3 is 2.61 bits per heavy atom. The standard InChI is InChI=1S/C23H19ClN4O2S/c1-15-18(24)7-5-8-19(15)28-22(16-10-12-25-13-11-16)26-27-23(28)31-14-20(29)17-6-3-4-9-21(17)30-2/h3-13H,14H2,1-2H3. The van der Waals surface area contributed by atoms with Gasteiger partial charge in [0, 0.05) is 23.0 Å². The van der Waals surface area contributed by atoms with E-state index in [4.69, 9.17) is 16.3 Å². The second-order valence-corrected chi connectivity index (χ2v) is 8.02. The second kappa shape index (κ2) is 9.32. The Kier molecular flexibility index (Phi) is 6.34. The van der Waals surface area contributed by atoms with Gasteiger partial charge in [0.25, 0.3) is 0 Å². The van der Waals surface area contributed by atoms with Crippen molar-refractivity contribution in [2.75, 3.05) is 12.9 Å². The van der Waals surface area contributed by atoms with Gasteiger partial charge in [-0.05, 0) is 48.9 Å². The van der Waals surface area contributed by atoms with Crippen LogP contribution in [0.5, 0.6) is 5.75 Å². The third kappa shape index (κ3) is 4.33. The number of ether oxygens (including phenoxy) is 1. The average molecular weight is 451 g/mol. The molecule has 0 amide bonds. The lowest BCUT2D eigenvalue weighted by Gasteiger charge is -2.14. The van der Waals surface area contributed by atoms with Gasteiger partial charge in [-0.3, -0.25) is 14.3 Å². The number of aromatic nitrogens is 4.